The van der Waals surface area contributed by atoms with Crippen molar-refractivity contribution in [2.24, 2.45) is 5.73 Å². The molecule has 3 N–H and O–H groups in total. The summed E-state index contributed by atoms with van der Waals surface area (Å²) in [6, 6.07) is 1.32. The van der Waals surface area contributed by atoms with Gasteiger partial charge in [-0.25, -0.2) is 9.07 Å². The lowest BCUT2D eigenvalue weighted by molar-refractivity contribution is -0.138. The topological polar surface area (TPSA) is 94.0 Å². The van der Waals surface area contributed by atoms with Crippen LogP contribution in [0.4, 0.5) is 4.39 Å². The molecule has 0 fully saturated rings. The number of aliphatic carboxylic acids is 1. The molecule has 0 spiro atoms. The molecule has 9 heteroatoms. The maximum Gasteiger partial charge on any atom is 0.320 e. The minimum absolute atomic E-state index is 0.0335. The maximum absolute atomic E-state index is 13.1. The summed E-state index contributed by atoms with van der Waals surface area (Å²) in [5.41, 5.74) is 6.22. The van der Waals surface area contributed by atoms with E-state index in [1.165, 1.54) is 16.9 Å². The van der Waals surface area contributed by atoms with E-state index >= 15 is 0 Å². The van der Waals surface area contributed by atoms with E-state index in [0.717, 1.165) is 6.07 Å². The van der Waals surface area contributed by atoms with E-state index in [1.807, 2.05) is 0 Å². The summed E-state index contributed by atoms with van der Waals surface area (Å²) in [6.45, 7) is 0. The van der Waals surface area contributed by atoms with Crippen molar-refractivity contribution in [3.05, 3.63) is 39.3 Å². The predicted octanol–water partition coefficient (Wildman–Crippen LogP) is 1.78. The molecule has 0 aliphatic rings. The Morgan fingerprint density at radius 3 is 2.90 bits per heavy atom. The number of hydrogen-bond acceptors (Lipinski definition) is 4. The lowest BCUT2D eigenvalue weighted by Crippen LogP contribution is -2.32. The van der Waals surface area contributed by atoms with Crippen LogP contribution in [0.1, 0.15) is 5.69 Å². The zero-order chi connectivity index (χ0) is 14.9. The van der Waals surface area contributed by atoms with Crippen LogP contribution in [0.5, 0.6) is 0 Å². The molecule has 0 aliphatic carbocycles. The molecule has 0 radical (unpaired) electrons. The molecule has 0 amide bonds. The lowest BCUT2D eigenvalue weighted by Gasteiger charge is -2.06. The molecule has 0 aliphatic heterocycles. The number of carboxylic acids is 1. The predicted molar refractivity (Wildman–Crippen MR) is 73.3 cm³/mol. The standard InChI is InChI=1S/C11H9BrClFN4O2/c12-7-1-5(14)2-8(13)10(7)18-4-6(16-17-18)3-9(15)11(19)20/h1-2,4,9H,3,15H2,(H,19,20). The molecule has 1 atom stereocenters. The molecule has 1 aromatic carbocycles. The third-order valence-corrected chi connectivity index (χ3v) is 3.39. The van der Waals surface area contributed by atoms with Crippen LogP contribution in [0.25, 0.3) is 5.69 Å². The van der Waals surface area contributed by atoms with Crippen molar-refractivity contribution in [3.63, 3.8) is 0 Å². The Hall–Kier alpha value is -1.51. The number of carbonyl (C=O) groups is 1. The van der Waals surface area contributed by atoms with Gasteiger partial charge >= 0.3 is 5.97 Å². The van der Waals surface area contributed by atoms with Crippen molar-refractivity contribution in [1.82, 2.24) is 15.0 Å². The molecule has 0 bridgehead atoms. The monoisotopic (exact) mass is 362 g/mol. The maximum atomic E-state index is 13.1. The molecule has 106 valence electrons. The summed E-state index contributed by atoms with van der Waals surface area (Å²) < 4.78 is 14.9. The van der Waals surface area contributed by atoms with E-state index in [9.17, 15) is 9.18 Å². The molecular formula is C11H9BrClFN4O2. The van der Waals surface area contributed by atoms with Crippen molar-refractivity contribution >= 4 is 33.5 Å². The molecule has 20 heavy (non-hydrogen) atoms. The Morgan fingerprint density at radius 1 is 1.60 bits per heavy atom. The number of benzene rings is 1. The summed E-state index contributed by atoms with van der Waals surface area (Å²) in [6.07, 6.45) is 1.53. The molecule has 0 saturated carbocycles. The highest BCUT2D eigenvalue weighted by molar-refractivity contribution is 9.10. The molecule has 2 aromatic rings. The van der Waals surface area contributed by atoms with Crippen molar-refractivity contribution in [3.8, 4) is 5.69 Å². The van der Waals surface area contributed by atoms with Crippen LogP contribution in [0.15, 0.2) is 22.8 Å². The van der Waals surface area contributed by atoms with Crippen LogP contribution in [0.3, 0.4) is 0 Å². The van der Waals surface area contributed by atoms with E-state index in [0.29, 0.717) is 15.9 Å². The van der Waals surface area contributed by atoms with E-state index in [1.54, 1.807) is 0 Å². The zero-order valence-electron chi connectivity index (χ0n) is 9.92. The Labute approximate surface area is 126 Å². The Bertz CT molecular complexity index is 641. The number of rotatable bonds is 4. The average molecular weight is 364 g/mol. The highest BCUT2D eigenvalue weighted by atomic mass is 79.9. The highest BCUT2D eigenvalue weighted by Gasteiger charge is 2.16. The number of nitrogens with two attached hydrogens (primary N) is 1. The average Bonchev–Trinajstić information content (AvgIpc) is 2.75. The number of hydrogen-bond donors (Lipinski definition) is 2. The second-order valence-corrected chi connectivity index (χ2v) is 5.28. The van der Waals surface area contributed by atoms with Gasteiger partial charge in [-0.05, 0) is 28.1 Å². The fourth-order valence-corrected chi connectivity index (χ4v) is 2.59. The van der Waals surface area contributed by atoms with E-state index in [-0.39, 0.29) is 11.4 Å². The third kappa shape index (κ3) is 3.14. The van der Waals surface area contributed by atoms with Gasteiger partial charge in [-0.15, -0.1) is 5.10 Å². The lowest BCUT2D eigenvalue weighted by atomic mass is 10.2. The van der Waals surface area contributed by atoms with E-state index in [4.69, 9.17) is 22.4 Å². The normalized spacial score (nSPS) is 12.4. The number of halogens is 3. The van der Waals surface area contributed by atoms with Gasteiger partial charge in [0.2, 0.25) is 0 Å². The van der Waals surface area contributed by atoms with E-state index < -0.39 is 17.8 Å². The fourth-order valence-electron chi connectivity index (χ4n) is 1.57. The van der Waals surface area contributed by atoms with Gasteiger partial charge in [0.15, 0.2) is 0 Å². The Kier molecular flexibility index (Phi) is 4.36. The van der Waals surface area contributed by atoms with Crippen LogP contribution < -0.4 is 5.73 Å². The van der Waals surface area contributed by atoms with Gasteiger partial charge in [0.05, 0.1) is 22.6 Å². The van der Waals surface area contributed by atoms with Gasteiger partial charge < -0.3 is 10.8 Å². The van der Waals surface area contributed by atoms with Crippen molar-refractivity contribution in [2.75, 3.05) is 0 Å². The minimum Gasteiger partial charge on any atom is -0.480 e. The van der Waals surface area contributed by atoms with Crippen molar-refractivity contribution < 1.29 is 14.3 Å². The number of nitrogens with zero attached hydrogens (tertiary/aromatic N) is 3. The van der Waals surface area contributed by atoms with Crippen molar-refractivity contribution in [2.45, 2.75) is 12.5 Å². The molecule has 1 unspecified atom stereocenters. The quantitative estimate of drug-likeness (QED) is 0.863. The molecular weight excluding hydrogens is 355 g/mol. The van der Waals surface area contributed by atoms with Crippen LogP contribution in [-0.4, -0.2) is 32.1 Å². The third-order valence-electron chi connectivity index (χ3n) is 2.50. The van der Waals surface area contributed by atoms with Gasteiger partial charge in [-0.3, -0.25) is 4.79 Å². The summed E-state index contributed by atoms with van der Waals surface area (Å²) in [5, 5.41) is 16.5. The molecule has 2 rings (SSSR count). The smallest absolute Gasteiger partial charge is 0.320 e. The summed E-state index contributed by atoms with van der Waals surface area (Å²) in [5.74, 6) is -1.61. The van der Waals surface area contributed by atoms with Crippen LogP contribution in [-0.2, 0) is 11.2 Å². The van der Waals surface area contributed by atoms with Gasteiger partial charge in [-0.2, -0.15) is 0 Å². The van der Waals surface area contributed by atoms with Gasteiger partial charge in [0.1, 0.15) is 11.9 Å². The largest absolute Gasteiger partial charge is 0.480 e. The first-order valence-corrected chi connectivity index (χ1v) is 6.60. The minimum atomic E-state index is -1.12. The second-order valence-electron chi connectivity index (χ2n) is 4.02. The van der Waals surface area contributed by atoms with Gasteiger partial charge in [0, 0.05) is 10.9 Å². The van der Waals surface area contributed by atoms with E-state index in [2.05, 4.69) is 26.2 Å². The molecule has 0 saturated heterocycles. The summed E-state index contributed by atoms with van der Waals surface area (Å²) in [7, 11) is 0. The Balaban J connectivity index is 2.32. The first kappa shape index (κ1) is 14.9. The first-order chi connectivity index (χ1) is 9.38. The zero-order valence-corrected chi connectivity index (χ0v) is 12.3. The number of aromatic nitrogens is 3. The molecule has 6 nitrogen and oxygen atoms in total. The highest BCUT2D eigenvalue weighted by Crippen LogP contribution is 2.29. The van der Waals surface area contributed by atoms with Gasteiger partial charge in [0.25, 0.3) is 0 Å². The van der Waals surface area contributed by atoms with Crippen molar-refractivity contribution in [1.29, 1.82) is 0 Å². The summed E-state index contributed by atoms with van der Waals surface area (Å²) >= 11 is 9.14. The van der Waals surface area contributed by atoms with Crippen LogP contribution in [0.2, 0.25) is 5.02 Å². The molecule has 1 aromatic heterocycles. The SMILES string of the molecule is NC(Cc1cn(-c2c(Cl)cc(F)cc2Br)nn1)C(=O)O. The first-order valence-electron chi connectivity index (χ1n) is 5.43. The second kappa shape index (κ2) is 5.86. The molecule has 1 heterocycles. The van der Waals surface area contributed by atoms with Crippen LogP contribution in [0, 0.1) is 5.82 Å². The van der Waals surface area contributed by atoms with Crippen LogP contribution >= 0.6 is 27.5 Å². The fraction of sp³-hybridized carbons (Fsp3) is 0.182. The van der Waals surface area contributed by atoms with Gasteiger partial charge in [-0.1, -0.05) is 16.8 Å². The summed E-state index contributed by atoms with van der Waals surface area (Å²) in [4.78, 5) is 10.7. The Morgan fingerprint density at radius 2 is 2.30 bits per heavy atom. The number of carboxylic acid groups (broad SMARTS) is 1.